The van der Waals surface area contributed by atoms with Crippen molar-refractivity contribution in [1.29, 1.82) is 0 Å². The van der Waals surface area contributed by atoms with E-state index in [1.807, 2.05) is 6.07 Å². The summed E-state index contributed by atoms with van der Waals surface area (Å²) in [7, 11) is 2.19. The Hall–Kier alpha value is -0.540. The molecule has 1 atom stereocenters. The quantitative estimate of drug-likeness (QED) is 0.845. The highest BCUT2D eigenvalue weighted by atomic mass is 79.9. The molecule has 0 amide bonds. The van der Waals surface area contributed by atoms with Crippen molar-refractivity contribution in [2.45, 2.75) is 58.6 Å². The van der Waals surface area contributed by atoms with E-state index < -0.39 is 6.10 Å². The summed E-state index contributed by atoms with van der Waals surface area (Å²) in [5, 5.41) is 9.70. The van der Waals surface area contributed by atoms with Crippen LogP contribution in [0.5, 0.6) is 0 Å². The molecule has 1 aliphatic rings. The second kappa shape index (κ2) is 6.07. The molecule has 0 radical (unpaired) electrons. The summed E-state index contributed by atoms with van der Waals surface area (Å²) >= 11 is 3.57. The Kier molecular flexibility index (Phi) is 4.80. The number of aliphatic hydroxyl groups excluding tert-OH is 1. The lowest BCUT2D eigenvalue weighted by molar-refractivity contribution is 0.198. The maximum absolute atomic E-state index is 9.70. The molecular weight excluding hydrogens is 314 g/mol. The minimum absolute atomic E-state index is 0.431. The van der Waals surface area contributed by atoms with Gasteiger partial charge in [-0.3, -0.25) is 0 Å². The molecule has 1 aromatic rings. The first-order valence-corrected chi connectivity index (χ1v) is 8.30. The van der Waals surface area contributed by atoms with Crippen molar-refractivity contribution in [2.75, 3.05) is 11.9 Å². The fourth-order valence-electron chi connectivity index (χ4n) is 3.06. The number of halogens is 1. The Morgan fingerprint density at radius 2 is 1.90 bits per heavy atom. The SMILES string of the molecule is C[C@H](O)c1ccc(N(C)C2CCC(C)(C)CC2)cc1Br. The van der Waals surface area contributed by atoms with Crippen molar-refractivity contribution >= 4 is 21.6 Å². The largest absolute Gasteiger partial charge is 0.389 e. The van der Waals surface area contributed by atoms with Crippen LogP contribution in [0, 0.1) is 5.41 Å². The smallest absolute Gasteiger partial charge is 0.0772 e. The molecule has 0 unspecified atom stereocenters. The van der Waals surface area contributed by atoms with Gasteiger partial charge in [0.25, 0.3) is 0 Å². The molecule has 0 saturated heterocycles. The van der Waals surface area contributed by atoms with E-state index in [9.17, 15) is 5.11 Å². The zero-order valence-electron chi connectivity index (χ0n) is 13.0. The molecule has 0 aromatic heterocycles. The molecule has 2 nitrogen and oxygen atoms in total. The van der Waals surface area contributed by atoms with Gasteiger partial charge in [0.15, 0.2) is 0 Å². The third kappa shape index (κ3) is 3.56. The second-order valence-electron chi connectivity index (χ2n) is 6.89. The highest BCUT2D eigenvalue weighted by molar-refractivity contribution is 9.10. The average Bonchev–Trinajstić information content (AvgIpc) is 2.37. The van der Waals surface area contributed by atoms with Crippen molar-refractivity contribution in [2.24, 2.45) is 5.41 Å². The Bertz CT molecular complexity index is 460. The van der Waals surface area contributed by atoms with Crippen LogP contribution in [0.25, 0.3) is 0 Å². The standard InChI is InChI=1S/C17H26BrNO/c1-12(20)15-6-5-14(11-16(15)18)19(4)13-7-9-17(2,3)10-8-13/h5-6,11-13,20H,7-10H2,1-4H3/t12-/m0/s1. The minimum atomic E-state index is -0.431. The Balaban J connectivity index is 2.10. The summed E-state index contributed by atoms with van der Waals surface area (Å²) in [4.78, 5) is 2.39. The molecule has 0 heterocycles. The molecule has 1 aliphatic carbocycles. The fourth-order valence-corrected chi connectivity index (χ4v) is 3.75. The molecule has 1 aromatic carbocycles. The summed E-state index contributed by atoms with van der Waals surface area (Å²) in [6, 6.07) is 6.90. The third-order valence-corrected chi connectivity index (χ3v) is 5.38. The molecule has 20 heavy (non-hydrogen) atoms. The van der Waals surface area contributed by atoms with Crippen LogP contribution in [0.15, 0.2) is 22.7 Å². The average molecular weight is 340 g/mol. The van der Waals surface area contributed by atoms with E-state index in [4.69, 9.17) is 0 Å². The van der Waals surface area contributed by atoms with Crippen LogP contribution < -0.4 is 4.90 Å². The normalized spacial score (nSPS) is 20.7. The predicted octanol–water partition coefficient (Wildman–Crippen LogP) is 4.91. The van der Waals surface area contributed by atoms with Gasteiger partial charge in [-0.25, -0.2) is 0 Å². The molecule has 3 heteroatoms. The molecular formula is C17H26BrNO. The number of hydrogen-bond donors (Lipinski definition) is 1. The van der Waals surface area contributed by atoms with Gasteiger partial charge < -0.3 is 10.0 Å². The summed E-state index contributed by atoms with van der Waals surface area (Å²) < 4.78 is 0.994. The summed E-state index contributed by atoms with van der Waals surface area (Å²) in [6.07, 6.45) is 4.70. The molecule has 1 fully saturated rings. The van der Waals surface area contributed by atoms with E-state index in [1.54, 1.807) is 6.92 Å². The summed E-state index contributed by atoms with van der Waals surface area (Å²) in [5.74, 6) is 0. The number of hydrogen-bond acceptors (Lipinski definition) is 2. The first kappa shape index (κ1) is 15.8. The second-order valence-corrected chi connectivity index (χ2v) is 7.74. The van der Waals surface area contributed by atoms with Gasteiger partial charge in [-0.15, -0.1) is 0 Å². The predicted molar refractivity (Wildman–Crippen MR) is 89.2 cm³/mol. The molecule has 0 bridgehead atoms. The summed E-state index contributed by atoms with van der Waals surface area (Å²) in [5.41, 5.74) is 2.69. The molecule has 1 N–H and O–H groups in total. The molecule has 2 rings (SSSR count). The van der Waals surface area contributed by atoms with Crippen molar-refractivity contribution < 1.29 is 5.11 Å². The Labute approximate surface area is 131 Å². The molecule has 1 saturated carbocycles. The Morgan fingerprint density at radius 1 is 1.30 bits per heavy atom. The molecule has 0 aliphatic heterocycles. The van der Waals surface area contributed by atoms with Gasteiger partial charge >= 0.3 is 0 Å². The maximum Gasteiger partial charge on any atom is 0.0772 e. The minimum Gasteiger partial charge on any atom is -0.389 e. The van der Waals surface area contributed by atoms with Gasteiger partial charge in [-0.2, -0.15) is 0 Å². The van der Waals surface area contributed by atoms with Crippen LogP contribution in [0.1, 0.15) is 58.1 Å². The highest BCUT2D eigenvalue weighted by Crippen LogP contribution is 2.38. The zero-order chi connectivity index (χ0) is 14.9. The van der Waals surface area contributed by atoms with Gasteiger partial charge in [-0.05, 0) is 55.7 Å². The van der Waals surface area contributed by atoms with Crippen LogP contribution in [0.2, 0.25) is 0 Å². The monoisotopic (exact) mass is 339 g/mol. The number of nitrogens with zero attached hydrogens (tertiary/aromatic N) is 1. The number of benzene rings is 1. The van der Waals surface area contributed by atoms with Crippen LogP contribution in [-0.2, 0) is 0 Å². The van der Waals surface area contributed by atoms with E-state index in [2.05, 4.69) is 53.9 Å². The van der Waals surface area contributed by atoms with E-state index in [0.717, 1.165) is 10.0 Å². The maximum atomic E-state index is 9.70. The van der Waals surface area contributed by atoms with E-state index in [0.29, 0.717) is 11.5 Å². The number of anilines is 1. The van der Waals surface area contributed by atoms with Crippen LogP contribution in [0.4, 0.5) is 5.69 Å². The van der Waals surface area contributed by atoms with E-state index >= 15 is 0 Å². The summed E-state index contributed by atoms with van der Waals surface area (Å²) in [6.45, 7) is 6.54. The van der Waals surface area contributed by atoms with Gasteiger partial charge in [0, 0.05) is 23.2 Å². The first-order chi connectivity index (χ1) is 9.30. The first-order valence-electron chi connectivity index (χ1n) is 7.50. The lowest BCUT2D eigenvalue weighted by atomic mass is 9.75. The molecule has 112 valence electrons. The Morgan fingerprint density at radius 3 is 2.40 bits per heavy atom. The number of aliphatic hydroxyl groups is 1. The van der Waals surface area contributed by atoms with Crippen molar-refractivity contribution in [1.82, 2.24) is 0 Å². The number of rotatable bonds is 3. The van der Waals surface area contributed by atoms with E-state index in [1.165, 1.54) is 31.4 Å². The van der Waals surface area contributed by atoms with Crippen molar-refractivity contribution in [3.05, 3.63) is 28.2 Å². The fraction of sp³-hybridized carbons (Fsp3) is 0.647. The lowest BCUT2D eigenvalue weighted by Gasteiger charge is -2.39. The van der Waals surface area contributed by atoms with Gasteiger partial charge in [-0.1, -0.05) is 35.8 Å². The van der Waals surface area contributed by atoms with Crippen LogP contribution >= 0.6 is 15.9 Å². The van der Waals surface area contributed by atoms with Crippen LogP contribution in [0.3, 0.4) is 0 Å². The van der Waals surface area contributed by atoms with Gasteiger partial charge in [0.05, 0.1) is 6.10 Å². The van der Waals surface area contributed by atoms with E-state index in [-0.39, 0.29) is 0 Å². The van der Waals surface area contributed by atoms with Gasteiger partial charge in [0.1, 0.15) is 0 Å². The molecule has 0 spiro atoms. The lowest BCUT2D eigenvalue weighted by Crippen LogP contribution is -2.37. The van der Waals surface area contributed by atoms with Crippen LogP contribution in [-0.4, -0.2) is 18.2 Å². The van der Waals surface area contributed by atoms with Crippen molar-refractivity contribution in [3.8, 4) is 0 Å². The topological polar surface area (TPSA) is 23.5 Å². The highest BCUT2D eigenvalue weighted by Gasteiger charge is 2.29. The van der Waals surface area contributed by atoms with Crippen molar-refractivity contribution in [3.63, 3.8) is 0 Å². The van der Waals surface area contributed by atoms with Gasteiger partial charge in [0.2, 0.25) is 0 Å². The third-order valence-electron chi connectivity index (χ3n) is 4.70. The zero-order valence-corrected chi connectivity index (χ0v) is 14.6.